The quantitative estimate of drug-likeness (QED) is 0.833. The van der Waals surface area contributed by atoms with Gasteiger partial charge in [0.25, 0.3) is 0 Å². The molecule has 0 saturated carbocycles. The van der Waals surface area contributed by atoms with Crippen molar-refractivity contribution >= 4 is 6.41 Å². The monoisotopic (exact) mass is 310 g/mol. The van der Waals surface area contributed by atoms with Gasteiger partial charge in [0.1, 0.15) is 0 Å². The molecule has 1 N–H and O–H groups in total. The van der Waals surface area contributed by atoms with Gasteiger partial charge in [-0.15, -0.1) is 0 Å². The Balaban J connectivity index is 1.65. The maximum atomic E-state index is 10.7. The van der Waals surface area contributed by atoms with Gasteiger partial charge < -0.3 is 10.2 Å². The third-order valence-corrected chi connectivity index (χ3v) is 4.36. The average Bonchev–Trinajstić information content (AvgIpc) is 3.09. The fraction of sp³-hybridized carbons (Fsp3) is 0.389. The van der Waals surface area contributed by atoms with Crippen LogP contribution in [-0.4, -0.2) is 40.9 Å². The number of nitrogens with one attached hydrogen (secondary N) is 1. The Kier molecular flexibility index (Phi) is 4.98. The molecule has 0 aliphatic carbocycles. The summed E-state index contributed by atoms with van der Waals surface area (Å²) in [6.07, 6.45) is 7.67. The Morgan fingerprint density at radius 2 is 2.09 bits per heavy atom. The highest BCUT2D eigenvalue weighted by molar-refractivity contribution is 5.56. The molecule has 1 aromatic heterocycles. The maximum Gasteiger partial charge on any atom is 0.209 e. The molecule has 1 aliphatic rings. The lowest BCUT2D eigenvalue weighted by atomic mass is 10.0. The van der Waals surface area contributed by atoms with Gasteiger partial charge in [-0.2, -0.15) is 0 Å². The molecule has 5 nitrogen and oxygen atoms in total. The molecular weight excluding hydrogens is 288 g/mol. The molecule has 0 radical (unpaired) electrons. The van der Waals surface area contributed by atoms with Crippen molar-refractivity contribution in [1.29, 1.82) is 0 Å². The molecular formula is C18H22N4O. The minimum Gasteiger partial charge on any atom is -0.348 e. The van der Waals surface area contributed by atoms with Crippen molar-refractivity contribution in [3.05, 3.63) is 48.3 Å². The van der Waals surface area contributed by atoms with Crippen LogP contribution in [0.5, 0.6) is 0 Å². The predicted molar refractivity (Wildman–Crippen MR) is 89.7 cm³/mol. The molecule has 1 aliphatic heterocycles. The van der Waals surface area contributed by atoms with E-state index in [0.717, 1.165) is 43.6 Å². The summed E-state index contributed by atoms with van der Waals surface area (Å²) in [6, 6.07) is 11.1. The lowest BCUT2D eigenvalue weighted by Crippen LogP contribution is -2.29. The first-order valence-corrected chi connectivity index (χ1v) is 8.05. The molecule has 0 bridgehead atoms. The van der Waals surface area contributed by atoms with E-state index in [1.165, 1.54) is 5.56 Å². The van der Waals surface area contributed by atoms with Crippen LogP contribution in [0.1, 0.15) is 30.9 Å². The summed E-state index contributed by atoms with van der Waals surface area (Å²) >= 11 is 0. The van der Waals surface area contributed by atoms with Gasteiger partial charge in [0.15, 0.2) is 5.82 Å². The Bertz CT molecular complexity index is 646. The van der Waals surface area contributed by atoms with E-state index in [1.54, 1.807) is 17.3 Å². The fourth-order valence-corrected chi connectivity index (χ4v) is 3.06. The second-order valence-electron chi connectivity index (χ2n) is 6.07. The molecule has 2 atom stereocenters. The van der Waals surface area contributed by atoms with Crippen molar-refractivity contribution < 1.29 is 4.79 Å². The summed E-state index contributed by atoms with van der Waals surface area (Å²) in [7, 11) is 1.82. The fourth-order valence-electron chi connectivity index (χ4n) is 3.06. The number of hydrogen-bond donors (Lipinski definition) is 1. The third-order valence-electron chi connectivity index (χ3n) is 4.36. The van der Waals surface area contributed by atoms with Gasteiger partial charge in [-0.25, -0.2) is 9.97 Å². The van der Waals surface area contributed by atoms with Gasteiger partial charge in [-0.1, -0.05) is 18.2 Å². The number of hydrogen-bond acceptors (Lipinski definition) is 4. The van der Waals surface area contributed by atoms with Gasteiger partial charge in [0, 0.05) is 43.6 Å². The number of amides is 1. The molecule has 1 saturated heterocycles. The highest BCUT2D eigenvalue weighted by Crippen LogP contribution is 2.29. The summed E-state index contributed by atoms with van der Waals surface area (Å²) in [4.78, 5) is 21.0. The molecule has 23 heavy (non-hydrogen) atoms. The summed E-state index contributed by atoms with van der Waals surface area (Å²) in [6.45, 7) is 0.797. The average molecular weight is 310 g/mol. The summed E-state index contributed by atoms with van der Waals surface area (Å²) in [5.74, 6) is 0.761. The summed E-state index contributed by atoms with van der Waals surface area (Å²) in [5, 5.41) is 3.68. The van der Waals surface area contributed by atoms with Crippen LogP contribution in [0.4, 0.5) is 0 Å². The van der Waals surface area contributed by atoms with Crippen LogP contribution in [0.3, 0.4) is 0 Å². The highest BCUT2D eigenvalue weighted by atomic mass is 16.1. The maximum absolute atomic E-state index is 10.7. The van der Waals surface area contributed by atoms with Gasteiger partial charge >= 0.3 is 0 Å². The van der Waals surface area contributed by atoms with Crippen molar-refractivity contribution in [3.8, 4) is 11.4 Å². The standard InChI is InChI=1S/C18H22N4O/c1-22(13-23)11-8-16-6-7-17(21-16)14-4-2-5-15(12-14)18-19-9-3-10-20-18/h2-5,9-10,12-13,16-17,21H,6-8,11H2,1H3/t16-,17+/m0/s1. The topological polar surface area (TPSA) is 58.1 Å². The first kappa shape index (κ1) is 15.6. The number of rotatable bonds is 6. The van der Waals surface area contributed by atoms with Crippen LogP contribution in [-0.2, 0) is 4.79 Å². The van der Waals surface area contributed by atoms with Gasteiger partial charge in [0.05, 0.1) is 0 Å². The van der Waals surface area contributed by atoms with E-state index in [4.69, 9.17) is 0 Å². The van der Waals surface area contributed by atoms with E-state index in [2.05, 4.69) is 33.5 Å². The number of carbonyl (C=O) groups excluding carboxylic acids is 1. The van der Waals surface area contributed by atoms with Gasteiger partial charge in [-0.05, 0) is 37.0 Å². The van der Waals surface area contributed by atoms with Gasteiger partial charge in [-0.3, -0.25) is 4.79 Å². The number of carbonyl (C=O) groups is 1. The Labute approximate surface area is 136 Å². The zero-order valence-electron chi connectivity index (χ0n) is 13.4. The number of nitrogens with zero attached hydrogens (tertiary/aromatic N) is 3. The third kappa shape index (κ3) is 3.93. The Hall–Kier alpha value is -2.27. The SMILES string of the molecule is CN(C=O)CC[C@@H]1CC[C@H](c2cccc(-c3ncccn3)c2)N1. The molecule has 0 spiro atoms. The first-order valence-electron chi connectivity index (χ1n) is 8.05. The molecule has 120 valence electrons. The van der Waals surface area contributed by atoms with Gasteiger partial charge in [0.2, 0.25) is 6.41 Å². The van der Waals surface area contributed by atoms with Crippen LogP contribution >= 0.6 is 0 Å². The smallest absolute Gasteiger partial charge is 0.209 e. The zero-order chi connectivity index (χ0) is 16.1. The second-order valence-corrected chi connectivity index (χ2v) is 6.07. The van der Waals surface area contributed by atoms with E-state index < -0.39 is 0 Å². The van der Waals surface area contributed by atoms with E-state index in [1.807, 2.05) is 19.2 Å². The second kappa shape index (κ2) is 7.33. The van der Waals surface area contributed by atoms with Crippen molar-refractivity contribution in [2.75, 3.05) is 13.6 Å². The molecule has 1 fully saturated rings. The van der Waals surface area contributed by atoms with Crippen molar-refractivity contribution in [3.63, 3.8) is 0 Å². The highest BCUT2D eigenvalue weighted by Gasteiger charge is 2.25. The molecule has 0 unspecified atom stereocenters. The lowest BCUT2D eigenvalue weighted by molar-refractivity contribution is -0.117. The van der Waals surface area contributed by atoms with Crippen LogP contribution in [0, 0.1) is 0 Å². The Morgan fingerprint density at radius 1 is 1.26 bits per heavy atom. The number of aromatic nitrogens is 2. The number of benzene rings is 1. The summed E-state index contributed by atoms with van der Waals surface area (Å²) in [5.41, 5.74) is 2.33. The van der Waals surface area contributed by atoms with Crippen molar-refractivity contribution in [1.82, 2.24) is 20.2 Å². The molecule has 3 rings (SSSR count). The molecule has 2 heterocycles. The zero-order valence-corrected chi connectivity index (χ0v) is 13.4. The van der Waals surface area contributed by atoms with E-state index in [-0.39, 0.29) is 0 Å². The molecule has 5 heteroatoms. The summed E-state index contributed by atoms with van der Waals surface area (Å²) < 4.78 is 0. The van der Waals surface area contributed by atoms with E-state index in [0.29, 0.717) is 12.1 Å². The Morgan fingerprint density at radius 3 is 2.87 bits per heavy atom. The predicted octanol–water partition coefficient (Wildman–Crippen LogP) is 2.42. The first-order chi connectivity index (χ1) is 11.3. The van der Waals surface area contributed by atoms with Crippen LogP contribution in [0.15, 0.2) is 42.7 Å². The van der Waals surface area contributed by atoms with Crippen LogP contribution < -0.4 is 5.32 Å². The minimum absolute atomic E-state index is 0.366. The van der Waals surface area contributed by atoms with E-state index in [9.17, 15) is 4.79 Å². The largest absolute Gasteiger partial charge is 0.348 e. The molecule has 1 aromatic carbocycles. The van der Waals surface area contributed by atoms with Crippen molar-refractivity contribution in [2.24, 2.45) is 0 Å². The molecule has 1 amide bonds. The normalized spacial score (nSPS) is 20.4. The van der Waals surface area contributed by atoms with E-state index >= 15 is 0 Å². The lowest BCUT2D eigenvalue weighted by Gasteiger charge is -2.17. The van der Waals surface area contributed by atoms with Crippen molar-refractivity contribution in [2.45, 2.75) is 31.3 Å². The molecule has 2 aromatic rings. The van der Waals surface area contributed by atoms with Crippen LogP contribution in [0.25, 0.3) is 11.4 Å². The van der Waals surface area contributed by atoms with Crippen LogP contribution in [0.2, 0.25) is 0 Å². The minimum atomic E-state index is 0.366.